The molecule has 174 valence electrons. The van der Waals surface area contributed by atoms with Gasteiger partial charge < -0.3 is 0 Å². The Balaban J connectivity index is 1.44. The molecule has 0 unspecified atom stereocenters. The molecule has 0 saturated carbocycles. The number of anilines is 2. The van der Waals surface area contributed by atoms with Crippen molar-refractivity contribution in [2.75, 3.05) is 10.0 Å². The molecule has 4 aromatic rings. The maximum absolute atomic E-state index is 12.8. The summed E-state index contributed by atoms with van der Waals surface area (Å²) in [4.78, 5) is 12.9. The predicted octanol–water partition coefficient (Wildman–Crippen LogP) is 5.85. The minimum absolute atomic E-state index is 0.111. The SMILES string of the molecule is Cc1ccc(S(=O)(=O)Nc2ccc(Cl)c(C(=O)Nc3nnc(SCc4ccccc4)s3)c2)cc1. The van der Waals surface area contributed by atoms with Gasteiger partial charge in [0, 0.05) is 11.4 Å². The highest BCUT2D eigenvalue weighted by Crippen LogP contribution is 2.29. The lowest BCUT2D eigenvalue weighted by Crippen LogP contribution is -2.15. The lowest BCUT2D eigenvalue weighted by atomic mass is 10.2. The van der Waals surface area contributed by atoms with Crippen molar-refractivity contribution in [2.45, 2.75) is 21.9 Å². The van der Waals surface area contributed by atoms with E-state index in [9.17, 15) is 13.2 Å². The van der Waals surface area contributed by atoms with Crippen molar-refractivity contribution in [2.24, 2.45) is 0 Å². The molecule has 0 aliphatic rings. The Bertz CT molecular complexity index is 1410. The van der Waals surface area contributed by atoms with E-state index in [0.29, 0.717) is 9.47 Å². The molecule has 0 aliphatic heterocycles. The zero-order chi connectivity index (χ0) is 24.1. The van der Waals surface area contributed by atoms with E-state index in [2.05, 4.69) is 20.2 Å². The lowest BCUT2D eigenvalue weighted by molar-refractivity contribution is 0.102. The van der Waals surface area contributed by atoms with Crippen LogP contribution in [-0.2, 0) is 15.8 Å². The summed E-state index contributed by atoms with van der Waals surface area (Å²) in [7, 11) is -3.82. The van der Waals surface area contributed by atoms with E-state index in [1.807, 2.05) is 37.3 Å². The number of nitrogens with one attached hydrogen (secondary N) is 2. The molecule has 4 rings (SSSR count). The molecular formula is C23H19ClN4O3S3. The van der Waals surface area contributed by atoms with Crippen LogP contribution in [0.5, 0.6) is 0 Å². The van der Waals surface area contributed by atoms with E-state index >= 15 is 0 Å². The second kappa shape index (κ2) is 10.6. The molecule has 2 N–H and O–H groups in total. The average molecular weight is 531 g/mol. The van der Waals surface area contributed by atoms with Crippen molar-refractivity contribution in [3.63, 3.8) is 0 Å². The Kier molecular flexibility index (Phi) is 7.52. The number of rotatable bonds is 8. The number of aromatic nitrogens is 2. The van der Waals surface area contributed by atoms with Crippen molar-refractivity contribution in [1.29, 1.82) is 0 Å². The Morgan fingerprint density at radius 1 is 1.03 bits per heavy atom. The maximum atomic E-state index is 12.8. The smallest absolute Gasteiger partial charge is 0.261 e. The van der Waals surface area contributed by atoms with Gasteiger partial charge in [-0.25, -0.2) is 8.42 Å². The lowest BCUT2D eigenvalue weighted by Gasteiger charge is -2.11. The minimum Gasteiger partial charge on any atom is -0.296 e. The molecule has 0 aliphatic carbocycles. The fourth-order valence-corrected chi connectivity index (χ4v) is 5.85. The molecule has 0 bridgehead atoms. The van der Waals surface area contributed by atoms with Crippen molar-refractivity contribution in [1.82, 2.24) is 10.2 Å². The number of nitrogens with zero attached hydrogens (tertiary/aromatic N) is 2. The predicted molar refractivity (Wildman–Crippen MR) is 137 cm³/mol. The van der Waals surface area contributed by atoms with Crippen LogP contribution in [0.4, 0.5) is 10.8 Å². The molecule has 3 aromatic carbocycles. The molecule has 11 heteroatoms. The number of aryl methyl sites for hydroxylation is 1. The Morgan fingerprint density at radius 3 is 2.50 bits per heavy atom. The van der Waals surface area contributed by atoms with Crippen LogP contribution in [0.1, 0.15) is 21.5 Å². The quantitative estimate of drug-likeness (QED) is 0.219. The largest absolute Gasteiger partial charge is 0.296 e. The molecule has 1 aromatic heterocycles. The van der Waals surface area contributed by atoms with Gasteiger partial charge in [0.2, 0.25) is 5.13 Å². The van der Waals surface area contributed by atoms with Gasteiger partial charge in [0.1, 0.15) is 0 Å². The highest BCUT2D eigenvalue weighted by molar-refractivity contribution is 8.00. The normalized spacial score (nSPS) is 11.2. The number of amides is 1. The molecule has 7 nitrogen and oxygen atoms in total. The summed E-state index contributed by atoms with van der Waals surface area (Å²) < 4.78 is 28.5. The molecule has 0 atom stereocenters. The fourth-order valence-electron chi connectivity index (χ4n) is 2.90. The van der Waals surface area contributed by atoms with Gasteiger partial charge in [0.15, 0.2) is 4.34 Å². The summed E-state index contributed by atoms with van der Waals surface area (Å²) in [5.41, 5.74) is 2.43. The van der Waals surface area contributed by atoms with E-state index < -0.39 is 15.9 Å². The Labute approximate surface area is 210 Å². The maximum Gasteiger partial charge on any atom is 0.261 e. The number of thioether (sulfide) groups is 1. The molecule has 1 heterocycles. The number of hydrogen-bond acceptors (Lipinski definition) is 7. The second-order valence-corrected chi connectivity index (χ2v) is 11.5. The molecule has 0 fully saturated rings. The van der Waals surface area contributed by atoms with Crippen LogP contribution in [0.2, 0.25) is 5.02 Å². The first kappa shape index (κ1) is 24.2. The van der Waals surface area contributed by atoms with Crippen LogP contribution in [0.25, 0.3) is 0 Å². The van der Waals surface area contributed by atoms with Crippen molar-refractivity contribution >= 4 is 61.4 Å². The molecule has 1 amide bonds. The van der Waals surface area contributed by atoms with Gasteiger partial charge in [-0.3, -0.25) is 14.8 Å². The van der Waals surface area contributed by atoms with Crippen LogP contribution in [0.15, 0.2) is 82.0 Å². The molecule has 0 radical (unpaired) electrons. The van der Waals surface area contributed by atoms with Crippen LogP contribution in [0.3, 0.4) is 0 Å². The number of carbonyl (C=O) groups is 1. The van der Waals surface area contributed by atoms with E-state index in [4.69, 9.17) is 11.6 Å². The van der Waals surface area contributed by atoms with Crippen molar-refractivity contribution < 1.29 is 13.2 Å². The molecular weight excluding hydrogens is 512 g/mol. The van der Waals surface area contributed by atoms with Gasteiger partial charge in [0.05, 0.1) is 15.5 Å². The first-order valence-corrected chi connectivity index (χ1v) is 13.7. The standard InChI is InChI=1S/C23H19ClN4O3S3/c1-15-7-10-18(11-8-15)34(30,31)28-17-9-12-20(24)19(13-17)21(29)25-22-26-27-23(33-22)32-14-16-5-3-2-4-6-16/h2-13,28H,14H2,1H3,(H,25,26,29). The van der Waals surface area contributed by atoms with Gasteiger partial charge in [0.25, 0.3) is 15.9 Å². The zero-order valence-corrected chi connectivity index (χ0v) is 21.1. The zero-order valence-electron chi connectivity index (χ0n) is 17.9. The van der Waals surface area contributed by atoms with E-state index in [1.54, 1.807) is 12.1 Å². The fraction of sp³-hybridized carbons (Fsp3) is 0.0870. The van der Waals surface area contributed by atoms with E-state index in [-0.39, 0.29) is 21.2 Å². The van der Waals surface area contributed by atoms with Crippen LogP contribution < -0.4 is 10.0 Å². The van der Waals surface area contributed by atoms with Gasteiger partial charge in [-0.1, -0.05) is 82.7 Å². The highest BCUT2D eigenvalue weighted by atomic mass is 35.5. The molecule has 0 spiro atoms. The summed E-state index contributed by atoms with van der Waals surface area (Å²) in [6.07, 6.45) is 0. The van der Waals surface area contributed by atoms with Crippen molar-refractivity contribution in [3.05, 3.63) is 94.5 Å². The molecule has 0 saturated heterocycles. The van der Waals surface area contributed by atoms with Gasteiger partial charge >= 0.3 is 0 Å². The minimum atomic E-state index is -3.82. The number of benzene rings is 3. The van der Waals surface area contributed by atoms with Gasteiger partial charge in [-0.2, -0.15) is 0 Å². The summed E-state index contributed by atoms with van der Waals surface area (Å²) in [6, 6.07) is 20.8. The highest BCUT2D eigenvalue weighted by Gasteiger charge is 2.18. The summed E-state index contributed by atoms with van der Waals surface area (Å²) in [5, 5.41) is 11.3. The third-order valence-corrected chi connectivity index (χ3v) is 8.40. The number of sulfonamides is 1. The van der Waals surface area contributed by atoms with Crippen LogP contribution in [0, 0.1) is 6.92 Å². The number of hydrogen-bond donors (Lipinski definition) is 2. The van der Waals surface area contributed by atoms with E-state index in [0.717, 1.165) is 16.9 Å². The third-order valence-electron chi connectivity index (χ3n) is 4.63. The summed E-state index contributed by atoms with van der Waals surface area (Å²) in [5.74, 6) is 0.218. The Morgan fingerprint density at radius 2 is 1.76 bits per heavy atom. The van der Waals surface area contributed by atoms with Gasteiger partial charge in [-0.15, -0.1) is 10.2 Å². The second-order valence-electron chi connectivity index (χ2n) is 7.21. The molecule has 34 heavy (non-hydrogen) atoms. The topological polar surface area (TPSA) is 101 Å². The summed E-state index contributed by atoms with van der Waals surface area (Å²) >= 11 is 8.98. The monoisotopic (exact) mass is 530 g/mol. The third kappa shape index (κ3) is 6.15. The van der Waals surface area contributed by atoms with Crippen LogP contribution in [-0.4, -0.2) is 24.5 Å². The first-order chi connectivity index (χ1) is 16.3. The van der Waals surface area contributed by atoms with Crippen LogP contribution >= 0.6 is 34.7 Å². The summed E-state index contributed by atoms with van der Waals surface area (Å²) in [6.45, 7) is 1.87. The average Bonchev–Trinajstić information content (AvgIpc) is 3.27. The number of carbonyl (C=O) groups excluding carboxylic acids is 1. The van der Waals surface area contributed by atoms with Crippen molar-refractivity contribution in [3.8, 4) is 0 Å². The van der Waals surface area contributed by atoms with E-state index in [1.165, 1.54) is 53.4 Å². The number of halogens is 1. The Hall–Kier alpha value is -2.92. The first-order valence-electron chi connectivity index (χ1n) is 10.0. The van der Waals surface area contributed by atoms with Gasteiger partial charge in [-0.05, 0) is 42.8 Å².